The number of nitriles is 1. The molecule has 0 aromatic heterocycles. The lowest BCUT2D eigenvalue weighted by atomic mass is 10.1. The highest BCUT2D eigenvalue weighted by Gasteiger charge is 2.11. The first-order chi connectivity index (χ1) is 10.0. The van der Waals surface area contributed by atoms with E-state index in [2.05, 4.69) is 11.4 Å². The number of nitrogens with one attached hydrogen (secondary N) is 1. The lowest BCUT2D eigenvalue weighted by Crippen LogP contribution is -2.30. The highest BCUT2D eigenvalue weighted by Crippen LogP contribution is 2.11. The fraction of sp³-hybridized carbons (Fsp3) is 0.357. The number of rotatable bonds is 8. The van der Waals surface area contributed by atoms with Crippen LogP contribution in [0.3, 0.4) is 0 Å². The number of thioether (sulfide) groups is 1. The number of benzene rings is 1. The lowest BCUT2D eigenvalue weighted by Gasteiger charge is -2.07. The summed E-state index contributed by atoms with van der Waals surface area (Å²) in [6.45, 7) is 0. The van der Waals surface area contributed by atoms with Gasteiger partial charge in [0.05, 0.1) is 18.2 Å². The van der Waals surface area contributed by atoms with Crippen molar-refractivity contribution >= 4 is 29.3 Å². The molecule has 4 N–H and O–H groups in total. The van der Waals surface area contributed by atoms with Crippen LogP contribution < -0.4 is 11.1 Å². The Morgan fingerprint density at radius 2 is 2.05 bits per heavy atom. The molecule has 1 rings (SSSR count). The van der Waals surface area contributed by atoms with E-state index in [0.29, 0.717) is 24.3 Å². The minimum absolute atomic E-state index is 0.156. The number of nitrogens with two attached hydrogens (primary N) is 1. The van der Waals surface area contributed by atoms with Crippen molar-refractivity contribution in [3.05, 3.63) is 29.8 Å². The molecule has 1 aromatic rings. The normalized spacial score (nSPS) is 11.4. The summed E-state index contributed by atoms with van der Waals surface area (Å²) in [5, 5.41) is 19.9. The fourth-order valence-corrected chi connectivity index (χ4v) is 2.32. The molecule has 1 unspecified atom stereocenters. The van der Waals surface area contributed by atoms with Gasteiger partial charge >= 0.3 is 5.97 Å². The third-order valence-electron chi connectivity index (χ3n) is 2.64. The van der Waals surface area contributed by atoms with Crippen molar-refractivity contribution in [3.8, 4) is 6.07 Å². The van der Waals surface area contributed by atoms with Crippen LogP contribution >= 0.6 is 11.8 Å². The van der Waals surface area contributed by atoms with Crippen LogP contribution in [0.15, 0.2) is 24.3 Å². The first-order valence-corrected chi connectivity index (χ1v) is 7.50. The molecule has 0 heterocycles. The molecule has 0 aliphatic heterocycles. The maximum atomic E-state index is 11.7. The van der Waals surface area contributed by atoms with Crippen LogP contribution in [0.25, 0.3) is 0 Å². The molecule has 0 radical (unpaired) electrons. The predicted octanol–water partition coefficient (Wildman–Crippen LogP) is 1.23. The van der Waals surface area contributed by atoms with Gasteiger partial charge in [0, 0.05) is 5.69 Å². The summed E-state index contributed by atoms with van der Waals surface area (Å²) in [4.78, 5) is 22.2. The molecule has 0 saturated heterocycles. The molecular weight excluding hydrogens is 290 g/mol. The van der Waals surface area contributed by atoms with Gasteiger partial charge in [0.25, 0.3) is 0 Å². The molecule has 7 heteroatoms. The summed E-state index contributed by atoms with van der Waals surface area (Å²) in [7, 11) is 0. The Morgan fingerprint density at radius 3 is 2.62 bits per heavy atom. The highest BCUT2D eigenvalue weighted by atomic mass is 32.2. The molecule has 0 aliphatic rings. The fourth-order valence-electron chi connectivity index (χ4n) is 1.49. The van der Waals surface area contributed by atoms with E-state index >= 15 is 0 Å². The number of carboxylic acids is 1. The zero-order valence-corrected chi connectivity index (χ0v) is 12.2. The largest absolute Gasteiger partial charge is 0.480 e. The van der Waals surface area contributed by atoms with Gasteiger partial charge in [-0.25, -0.2) is 0 Å². The van der Waals surface area contributed by atoms with E-state index in [-0.39, 0.29) is 11.7 Å². The van der Waals surface area contributed by atoms with Crippen molar-refractivity contribution in [1.82, 2.24) is 0 Å². The molecule has 1 amide bonds. The molecule has 1 atom stereocenters. The smallest absolute Gasteiger partial charge is 0.320 e. The second-order valence-electron chi connectivity index (χ2n) is 4.37. The van der Waals surface area contributed by atoms with Gasteiger partial charge in [0.15, 0.2) is 0 Å². The lowest BCUT2D eigenvalue weighted by molar-refractivity contribution is -0.138. The summed E-state index contributed by atoms with van der Waals surface area (Å²) in [5.41, 5.74) is 6.93. The van der Waals surface area contributed by atoms with Crippen molar-refractivity contribution in [2.45, 2.75) is 18.9 Å². The Bertz CT molecular complexity index is 525. The van der Waals surface area contributed by atoms with Crippen LogP contribution in [-0.2, 0) is 16.0 Å². The molecule has 0 bridgehead atoms. The summed E-state index contributed by atoms with van der Waals surface area (Å²) in [6.07, 6.45) is 0.671. The second-order valence-corrected chi connectivity index (χ2v) is 5.47. The molecule has 112 valence electrons. The molecule has 0 saturated carbocycles. The molecule has 0 fully saturated rings. The van der Waals surface area contributed by atoms with Crippen LogP contribution in [0.4, 0.5) is 5.69 Å². The third-order valence-corrected chi connectivity index (χ3v) is 3.64. The monoisotopic (exact) mass is 307 g/mol. The zero-order valence-electron chi connectivity index (χ0n) is 11.4. The van der Waals surface area contributed by atoms with Crippen molar-refractivity contribution in [2.24, 2.45) is 5.73 Å². The molecule has 0 aliphatic carbocycles. The minimum Gasteiger partial charge on any atom is -0.480 e. The maximum absolute atomic E-state index is 11.7. The third kappa shape index (κ3) is 6.79. The average molecular weight is 307 g/mol. The van der Waals surface area contributed by atoms with Crippen molar-refractivity contribution < 1.29 is 14.7 Å². The van der Waals surface area contributed by atoms with E-state index in [1.54, 1.807) is 24.3 Å². The number of nitrogens with zero attached hydrogens (tertiary/aromatic N) is 1. The number of carboxylic acid groups (broad SMARTS) is 1. The summed E-state index contributed by atoms with van der Waals surface area (Å²) in [5.74, 6) is -0.427. The number of aliphatic carboxylic acids is 1. The summed E-state index contributed by atoms with van der Waals surface area (Å²) in [6, 6.07) is 8.24. The van der Waals surface area contributed by atoms with Crippen LogP contribution in [0.1, 0.15) is 12.0 Å². The Labute approximate surface area is 127 Å². The standard InChI is InChI=1S/C14H17N3O3S/c15-7-5-10-1-3-11(4-2-10)17-13(18)9-21-8-6-12(16)14(19)20/h1-4,12H,5-6,8-9,16H2,(H,17,18)(H,19,20). The Hall–Kier alpha value is -2.04. The summed E-state index contributed by atoms with van der Waals surface area (Å²) < 4.78 is 0. The van der Waals surface area contributed by atoms with Crippen molar-refractivity contribution in [2.75, 3.05) is 16.8 Å². The SMILES string of the molecule is N#CCc1ccc(NC(=O)CSCCC(N)C(=O)O)cc1. The van der Waals surface area contributed by atoms with Crippen molar-refractivity contribution in [3.63, 3.8) is 0 Å². The van der Waals surface area contributed by atoms with Crippen LogP contribution in [0.5, 0.6) is 0 Å². The average Bonchev–Trinajstić information content (AvgIpc) is 2.45. The number of carbonyl (C=O) groups excluding carboxylic acids is 1. The van der Waals surface area contributed by atoms with E-state index < -0.39 is 12.0 Å². The Morgan fingerprint density at radius 1 is 1.38 bits per heavy atom. The highest BCUT2D eigenvalue weighted by molar-refractivity contribution is 7.99. The van der Waals surface area contributed by atoms with Gasteiger partial charge in [0.1, 0.15) is 6.04 Å². The quantitative estimate of drug-likeness (QED) is 0.622. The van der Waals surface area contributed by atoms with Gasteiger partial charge in [-0.1, -0.05) is 12.1 Å². The topological polar surface area (TPSA) is 116 Å². The van der Waals surface area contributed by atoms with Gasteiger partial charge in [-0.3, -0.25) is 9.59 Å². The Kier molecular flexibility index (Phi) is 7.29. The number of amides is 1. The molecule has 6 nitrogen and oxygen atoms in total. The van der Waals surface area contributed by atoms with E-state index in [4.69, 9.17) is 16.1 Å². The minimum atomic E-state index is -1.03. The van der Waals surface area contributed by atoms with Gasteiger partial charge in [0.2, 0.25) is 5.91 Å². The summed E-state index contributed by atoms with van der Waals surface area (Å²) >= 11 is 1.34. The van der Waals surface area contributed by atoms with Crippen LogP contribution in [-0.4, -0.2) is 34.5 Å². The number of hydrogen-bond acceptors (Lipinski definition) is 5. The molecule has 1 aromatic carbocycles. The van der Waals surface area contributed by atoms with Crippen LogP contribution in [0.2, 0.25) is 0 Å². The predicted molar refractivity (Wildman–Crippen MR) is 81.9 cm³/mol. The van der Waals surface area contributed by atoms with Crippen LogP contribution in [0, 0.1) is 11.3 Å². The van der Waals surface area contributed by atoms with Gasteiger partial charge in [-0.15, -0.1) is 0 Å². The second kappa shape index (κ2) is 9.00. The first-order valence-electron chi connectivity index (χ1n) is 6.35. The Balaban J connectivity index is 2.27. The first kappa shape index (κ1) is 17.0. The van der Waals surface area contributed by atoms with Gasteiger partial charge in [-0.05, 0) is 29.9 Å². The number of anilines is 1. The molecular formula is C14H17N3O3S. The number of carbonyl (C=O) groups is 2. The molecule has 21 heavy (non-hydrogen) atoms. The number of hydrogen-bond donors (Lipinski definition) is 3. The molecule has 0 spiro atoms. The van der Waals surface area contributed by atoms with Gasteiger partial charge in [-0.2, -0.15) is 17.0 Å². The van der Waals surface area contributed by atoms with E-state index in [1.165, 1.54) is 11.8 Å². The van der Waals surface area contributed by atoms with E-state index in [1.807, 2.05) is 0 Å². The van der Waals surface area contributed by atoms with Crippen molar-refractivity contribution in [1.29, 1.82) is 5.26 Å². The van der Waals surface area contributed by atoms with E-state index in [9.17, 15) is 9.59 Å². The zero-order chi connectivity index (χ0) is 15.7. The van der Waals surface area contributed by atoms with Gasteiger partial charge < -0.3 is 16.2 Å². The van der Waals surface area contributed by atoms with E-state index in [0.717, 1.165) is 5.56 Å². The maximum Gasteiger partial charge on any atom is 0.320 e.